The highest BCUT2D eigenvalue weighted by atomic mass is 32.2. The fourth-order valence-electron chi connectivity index (χ4n) is 2.58. The normalized spacial score (nSPS) is 22.4. The molecule has 2 saturated heterocycles. The Balaban J connectivity index is 1.55. The van der Waals surface area contributed by atoms with Gasteiger partial charge in [0.25, 0.3) is 5.91 Å². The number of nitrogens with zero attached hydrogens (tertiary/aromatic N) is 3. The number of amides is 2. The van der Waals surface area contributed by atoms with Gasteiger partial charge in [0.05, 0.1) is 11.6 Å². The largest absolute Gasteiger partial charge is 0.338 e. The van der Waals surface area contributed by atoms with Crippen LogP contribution in [0.4, 0.5) is 0 Å². The summed E-state index contributed by atoms with van der Waals surface area (Å²) in [6.07, 6.45) is 3.24. The van der Waals surface area contributed by atoms with Gasteiger partial charge in [-0.1, -0.05) is 0 Å². The van der Waals surface area contributed by atoms with Gasteiger partial charge >= 0.3 is 0 Å². The molecule has 1 aromatic heterocycles. The quantitative estimate of drug-likeness (QED) is 0.835. The number of carbonyl (C=O) groups excluding carboxylic acids is 2. The Morgan fingerprint density at radius 2 is 2.00 bits per heavy atom. The third kappa shape index (κ3) is 3.19. The zero-order valence-corrected chi connectivity index (χ0v) is 12.5. The minimum absolute atomic E-state index is 0.00949. The van der Waals surface area contributed by atoms with Gasteiger partial charge in [-0.25, -0.2) is 0 Å². The van der Waals surface area contributed by atoms with Gasteiger partial charge in [0.15, 0.2) is 0 Å². The van der Waals surface area contributed by atoms with Crippen LogP contribution in [-0.4, -0.2) is 70.4 Å². The van der Waals surface area contributed by atoms with Gasteiger partial charge in [-0.05, 0) is 12.1 Å². The van der Waals surface area contributed by atoms with E-state index in [4.69, 9.17) is 0 Å². The molecule has 7 heteroatoms. The van der Waals surface area contributed by atoms with Crippen LogP contribution in [-0.2, 0) is 4.79 Å². The SMILES string of the molecule is O=C(c1cccnc1)N1CCN(C(=O)C2CSCN2)CC1. The van der Waals surface area contributed by atoms with Crippen LogP contribution in [0, 0.1) is 0 Å². The average molecular weight is 306 g/mol. The first-order valence-corrected chi connectivity index (χ1v) is 8.20. The van der Waals surface area contributed by atoms with Crippen LogP contribution in [0.15, 0.2) is 24.5 Å². The summed E-state index contributed by atoms with van der Waals surface area (Å²) in [5.74, 6) is 1.84. The molecule has 2 fully saturated rings. The Hall–Kier alpha value is -1.60. The number of piperazine rings is 1. The van der Waals surface area contributed by atoms with Crippen molar-refractivity contribution in [1.82, 2.24) is 20.1 Å². The summed E-state index contributed by atoms with van der Waals surface area (Å²) < 4.78 is 0. The number of nitrogens with one attached hydrogen (secondary N) is 1. The zero-order chi connectivity index (χ0) is 14.7. The van der Waals surface area contributed by atoms with E-state index in [1.54, 1.807) is 41.2 Å². The second-order valence-corrected chi connectivity index (χ2v) is 6.16. The van der Waals surface area contributed by atoms with Gasteiger partial charge in [0.1, 0.15) is 0 Å². The van der Waals surface area contributed by atoms with Crippen molar-refractivity contribution in [2.45, 2.75) is 6.04 Å². The maximum Gasteiger partial charge on any atom is 0.255 e. The van der Waals surface area contributed by atoms with Crippen LogP contribution in [0.5, 0.6) is 0 Å². The number of thioether (sulfide) groups is 1. The second-order valence-electron chi connectivity index (χ2n) is 5.13. The average Bonchev–Trinajstić information content (AvgIpc) is 3.09. The van der Waals surface area contributed by atoms with Gasteiger partial charge in [0.2, 0.25) is 5.91 Å². The molecule has 0 spiro atoms. The van der Waals surface area contributed by atoms with Gasteiger partial charge < -0.3 is 9.80 Å². The highest BCUT2D eigenvalue weighted by Crippen LogP contribution is 2.14. The second kappa shape index (κ2) is 6.44. The molecule has 1 atom stereocenters. The van der Waals surface area contributed by atoms with Gasteiger partial charge in [-0.2, -0.15) is 0 Å². The van der Waals surface area contributed by atoms with Gasteiger partial charge in [-0.3, -0.25) is 19.9 Å². The minimum Gasteiger partial charge on any atom is -0.338 e. The Bertz CT molecular complexity index is 511. The highest BCUT2D eigenvalue weighted by molar-refractivity contribution is 7.99. The molecule has 0 aromatic carbocycles. The van der Waals surface area contributed by atoms with Crippen molar-refractivity contribution in [1.29, 1.82) is 0 Å². The van der Waals surface area contributed by atoms with E-state index in [-0.39, 0.29) is 17.9 Å². The maximum atomic E-state index is 12.3. The topological polar surface area (TPSA) is 65.5 Å². The minimum atomic E-state index is -0.0597. The molecule has 1 N–H and O–H groups in total. The van der Waals surface area contributed by atoms with Crippen molar-refractivity contribution in [3.05, 3.63) is 30.1 Å². The predicted octanol–water partition coefficient (Wildman–Crippen LogP) is 0.0285. The van der Waals surface area contributed by atoms with E-state index in [0.717, 1.165) is 11.6 Å². The number of carbonyl (C=O) groups is 2. The van der Waals surface area contributed by atoms with Crippen LogP contribution >= 0.6 is 11.8 Å². The first kappa shape index (κ1) is 14.3. The highest BCUT2D eigenvalue weighted by Gasteiger charge is 2.30. The molecule has 3 heterocycles. The smallest absolute Gasteiger partial charge is 0.255 e. The molecule has 0 bridgehead atoms. The van der Waals surface area contributed by atoms with E-state index in [2.05, 4.69) is 10.3 Å². The zero-order valence-electron chi connectivity index (χ0n) is 11.7. The lowest BCUT2D eigenvalue weighted by Gasteiger charge is -2.35. The van der Waals surface area contributed by atoms with Gasteiger partial charge in [0, 0.05) is 50.2 Å². The molecular weight excluding hydrogens is 288 g/mol. The number of hydrogen-bond donors (Lipinski definition) is 1. The van der Waals surface area contributed by atoms with E-state index in [1.165, 1.54) is 0 Å². The molecule has 3 rings (SSSR count). The third-order valence-corrected chi connectivity index (χ3v) is 4.74. The molecule has 1 unspecified atom stereocenters. The summed E-state index contributed by atoms with van der Waals surface area (Å²) in [6, 6.07) is 3.47. The van der Waals surface area contributed by atoms with Crippen LogP contribution < -0.4 is 5.32 Å². The molecule has 2 aliphatic rings. The predicted molar refractivity (Wildman–Crippen MR) is 81.0 cm³/mol. The van der Waals surface area contributed by atoms with E-state index >= 15 is 0 Å². The molecular formula is C14H18N4O2S. The van der Waals surface area contributed by atoms with Crippen molar-refractivity contribution in [3.8, 4) is 0 Å². The van der Waals surface area contributed by atoms with Crippen LogP contribution in [0.2, 0.25) is 0 Å². The number of pyridine rings is 1. The molecule has 1 aromatic rings. The Morgan fingerprint density at radius 3 is 2.62 bits per heavy atom. The third-order valence-electron chi connectivity index (χ3n) is 3.80. The molecule has 6 nitrogen and oxygen atoms in total. The Kier molecular flexibility index (Phi) is 4.40. The summed E-state index contributed by atoms with van der Waals surface area (Å²) in [5, 5.41) is 3.20. The summed E-state index contributed by atoms with van der Waals surface area (Å²) in [4.78, 5) is 32.2. The number of rotatable bonds is 2. The fraction of sp³-hybridized carbons (Fsp3) is 0.500. The number of hydrogen-bond acceptors (Lipinski definition) is 5. The van der Waals surface area contributed by atoms with Crippen LogP contribution in [0.1, 0.15) is 10.4 Å². The van der Waals surface area contributed by atoms with E-state index in [1.807, 2.05) is 4.90 Å². The molecule has 2 aliphatic heterocycles. The van der Waals surface area contributed by atoms with Crippen LogP contribution in [0.25, 0.3) is 0 Å². The summed E-state index contributed by atoms with van der Waals surface area (Å²) >= 11 is 1.75. The lowest BCUT2D eigenvalue weighted by Crippen LogP contribution is -2.54. The molecule has 2 amide bonds. The molecule has 0 aliphatic carbocycles. The standard InChI is InChI=1S/C14H18N4O2S/c19-13(11-2-1-3-15-8-11)17-4-6-18(7-5-17)14(20)12-9-21-10-16-12/h1-3,8,12,16H,4-7,9-10H2. The van der Waals surface area contributed by atoms with E-state index < -0.39 is 0 Å². The Morgan fingerprint density at radius 1 is 1.24 bits per heavy atom. The molecule has 0 saturated carbocycles. The van der Waals surface area contributed by atoms with Gasteiger partial charge in [-0.15, -0.1) is 11.8 Å². The van der Waals surface area contributed by atoms with E-state index in [9.17, 15) is 9.59 Å². The summed E-state index contributed by atoms with van der Waals surface area (Å²) in [5.41, 5.74) is 0.603. The lowest BCUT2D eigenvalue weighted by atomic mass is 10.2. The Labute approximate surface area is 127 Å². The van der Waals surface area contributed by atoms with Crippen molar-refractivity contribution in [2.24, 2.45) is 0 Å². The lowest BCUT2D eigenvalue weighted by molar-refractivity contribution is -0.134. The monoisotopic (exact) mass is 306 g/mol. The fourth-order valence-corrected chi connectivity index (χ4v) is 3.51. The van der Waals surface area contributed by atoms with Crippen molar-refractivity contribution >= 4 is 23.6 Å². The maximum absolute atomic E-state index is 12.3. The van der Waals surface area contributed by atoms with Crippen molar-refractivity contribution < 1.29 is 9.59 Å². The van der Waals surface area contributed by atoms with Crippen molar-refractivity contribution in [3.63, 3.8) is 0 Å². The molecule has 0 radical (unpaired) electrons. The summed E-state index contributed by atoms with van der Waals surface area (Å²) in [6.45, 7) is 2.38. The summed E-state index contributed by atoms with van der Waals surface area (Å²) in [7, 11) is 0. The first-order chi connectivity index (χ1) is 10.3. The molecule has 112 valence electrons. The molecule has 21 heavy (non-hydrogen) atoms. The van der Waals surface area contributed by atoms with E-state index in [0.29, 0.717) is 31.7 Å². The first-order valence-electron chi connectivity index (χ1n) is 7.05. The van der Waals surface area contributed by atoms with Crippen molar-refractivity contribution in [2.75, 3.05) is 37.8 Å². The number of aromatic nitrogens is 1. The van der Waals surface area contributed by atoms with Crippen LogP contribution in [0.3, 0.4) is 0 Å².